The van der Waals surface area contributed by atoms with Crippen molar-refractivity contribution in [1.29, 1.82) is 0 Å². The lowest BCUT2D eigenvalue weighted by atomic mass is 10.2. The lowest BCUT2D eigenvalue weighted by Crippen LogP contribution is -2.07. The number of hydrogen-bond donors (Lipinski definition) is 1. The van der Waals surface area contributed by atoms with Gasteiger partial charge < -0.3 is 10.5 Å². The molecule has 0 radical (unpaired) electrons. The first kappa shape index (κ1) is 12.9. The molecule has 2 heterocycles. The van der Waals surface area contributed by atoms with Gasteiger partial charge in [-0.05, 0) is 27.6 Å². The van der Waals surface area contributed by atoms with Crippen molar-refractivity contribution >= 4 is 21.7 Å². The van der Waals surface area contributed by atoms with E-state index in [2.05, 4.69) is 30.9 Å². The van der Waals surface area contributed by atoms with Gasteiger partial charge in [0.15, 0.2) is 0 Å². The summed E-state index contributed by atoms with van der Waals surface area (Å²) < 4.78 is 5.77. The quantitative estimate of drug-likeness (QED) is 0.934. The number of rotatable bonds is 4. The number of methoxy groups -OCH3 is 1. The second kappa shape index (κ2) is 5.88. The molecule has 0 saturated carbocycles. The molecule has 6 heteroatoms. The third-order valence-corrected chi connectivity index (χ3v) is 3.22. The molecule has 0 fully saturated rings. The van der Waals surface area contributed by atoms with Crippen LogP contribution in [0.3, 0.4) is 0 Å². The Hall–Kier alpha value is -1.53. The summed E-state index contributed by atoms with van der Waals surface area (Å²) in [6.45, 7) is 0.396. The van der Waals surface area contributed by atoms with Gasteiger partial charge in [0.25, 0.3) is 0 Å². The van der Waals surface area contributed by atoms with Crippen molar-refractivity contribution in [3.05, 3.63) is 46.1 Å². The normalized spacial score (nSPS) is 10.6. The van der Waals surface area contributed by atoms with Gasteiger partial charge in [-0.2, -0.15) is 0 Å². The Morgan fingerprint density at radius 3 is 2.89 bits per heavy atom. The summed E-state index contributed by atoms with van der Waals surface area (Å²) in [7, 11) is 1.62. The van der Waals surface area contributed by atoms with E-state index < -0.39 is 0 Å². The van der Waals surface area contributed by atoms with E-state index in [-0.39, 0.29) is 0 Å². The maximum Gasteiger partial charge on any atom is 0.141 e. The van der Waals surface area contributed by atoms with Gasteiger partial charge in [-0.1, -0.05) is 6.07 Å². The van der Waals surface area contributed by atoms with Crippen LogP contribution in [0, 0.1) is 0 Å². The van der Waals surface area contributed by atoms with E-state index >= 15 is 0 Å². The molecule has 0 aliphatic heterocycles. The zero-order valence-corrected chi connectivity index (χ0v) is 11.5. The Morgan fingerprint density at radius 2 is 2.22 bits per heavy atom. The standard InChI is InChI=1S/C12H13BrN4O/c1-18-7-9-11(13)12(14)17-10(16-9)5-8-3-2-4-15-6-8/h2-4,6H,5,7H2,1H3,(H2,14,16,17). The van der Waals surface area contributed by atoms with Crippen molar-refractivity contribution in [3.63, 3.8) is 0 Å². The molecular weight excluding hydrogens is 296 g/mol. The van der Waals surface area contributed by atoms with Crippen molar-refractivity contribution in [2.24, 2.45) is 0 Å². The summed E-state index contributed by atoms with van der Waals surface area (Å²) in [5.74, 6) is 1.09. The van der Waals surface area contributed by atoms with Crippen molar-refractivity contribution in [2.75, 3.05) is 12.8 Å². The Balaban J connectivity index is 2.28. The van der Waals surface area contributed by atoms with Crippen molar-refractivity contribution in [3.8, 4) is 0 Å². The molecular formula is C12H13BrN4O. The van der Waals surface area contributed by atoms with E-state index in [9.17, 15) is 0 Å². The second-order valence-electron chi connectivity index (χ2n) is 3.76. The molecule has 5 nitrogen and oxygen atoms in total. The molecule has 94 valence electrons. The summed E-state index contributed by atoms with van der Waals surface area (Å²) in [4.78, 5) is 12.7. The number of anilines is 1. The number of pyridine rings is 1. The van der Waals surface area contributed by atoms with Crippen molar-refractivity contribution in [2.45, 2.75) is 13.0 Å². The predicted octanol–water partition coefficient (Wildman–Crippen LogP) is 1.95. The number of aromatic nitrogens is 3. The lowest BCUT2D eigenvalue weighted by molar-refractivity contribution is 0.180. The topological polar surface area (TPSA) is 73.9 Å². The first-order chi connectivity index (χ1) is 8.70. The number of nitrogens with two attached hydrogens (primary N) is 1. The Labute approximate surface area is 114 Å². The highest BCUT2D eigenvalue weighted by Gasteiger charge is 2.10. The number of ether oxygens (including phenoxy) is 1. The van der Waals surface area contributed by atoms with Gasteiger partial charge in [0.05, 0.1) is 16.8 Å². The lowest BCUT2D eigenvalue weighted by Gasteiger charge is -2.08. The fraction of sp³-hybridized carbons (Fsp3) is 0.250. The third kappa shape index (κ3) is 3.02. The molecule has 2 rings (SSSR count). The Kier molecular flexibility index (Phi) is 4.22. The molecule has 18 heavy (non-hydrogen) atoms. The smallest absolute Gasteiger partial charge is 0.141 e. The van der Waals surface area contributed by atoms with Crippen LogP contribution in [-0.2, 0) is 17.8 Å². The SMILES string of the molecule is COCc1nc(Cc2cccnc2)nc(N)c1Br. The van der Waals surface area contributed by atoms with Crippen LogP contribution in [-0.4, -0.2) is 22.1 Å². The van der Waals surface area contributed by atoms with E-state index in [4.69, 9.17) is 10.5 Å². The van der Waals surface area contributed by atoms with Crippen LogP contribution in [0.1, 0.15) is 17.1 Å². The van der Waals surface area contributed by atoms with Gasteiger partial charge in [0, 0.05) is 25.9 Å². The number of nitrogen functional groups attached to an aromatic ring is 1. The summed E-state index contributed by atoms with van der Waals surface area (Å²) in [6.07, 6.45) is 4.12. The Bertz CT molecular complexity index is 533. The van der Waals surface area contributed by atoms with Crippen LogP contribution in [0.2, 0.25) is 0 Å². The number of nitrogens with zero attached hydrogens (tertiary/aromatic N) is 3. The highest BCUT2D eigenvalue weighted by Crippen LogP contribution is 2.22. The highest BCUT2D eigenvalue weighted by atomic mass is 79.9. The fourth-order valence-corrected chi connectivity index (χ4v) is 1.85. The molecule has 0 atom stereocenters. The molecule has 2 aromatic rings. The van der Waals surface area contributed by atoms with Crippen LogP contribution < -0.4 is 5.73 Å². The molecule has 2 N–H and O–H groups in total. The molecule has 0 bridgehead atoms. The maximum atomic E-state index is 5.84. The van der Waals surface area contributed by atoms with E-state index in [1.165, 1.54) is 0 Å². The third-order valence-electron chi connectivity index (χ3n) is 2.36. The van der Waals surface area contributed by atoms with E-state index in [1.807, 2.05) is 12.1 Å². The Morgan fingerprint density at radius 1 is 1.39 bits per heavy atom. The highest BCUT2D eigenvalue weighted by molar-refractivity contribution is 9.10. The van der Waals surface area contributed by atoms with Gasteiger partial charge in [0.1, 0.15) is 11.6 Å². The summed E-state index contributed by atoms with van der Waals surface area (Å²) in [5, 5.41) is 0. The summed E-state index contributed by atoms with van der Waals surface area (Å²) in [5.41, 5.74) is 7.63. The van der Waals surface area contributed by atoms with Crippen LogP contribution in [0.4, 0.5) is 5.82 Å². The summed E-state index contributed by atoms with van der Waals surface area (Å²) >= 11 is 3.36. The second-order valence-corrected chi connectivity index (χ2v) is 4.55. The minimum absolute atomic E-state index is 0.396. The molecule has 0 unspecified atom stereocenters. The first-order valence-electron chi connectivity index (χ1n) is 5.39. The van der Waals surface area contributed by atoms with Crippen LogP contribution >= 0.6 is 15.9 Å². The van der Waals surface area contributed by atoms with Crippen LogP contribution in [0.25, 0.3) is 0 Å². The maximum absolute atomic E-state index is 5.84. The molecule has 0 spiro atoms. The van der Waals surface area contributed by atoms with E-state index in [0.717, 1.165) is 11.3 Å². The molecule has 0 amide bonds. The van der Waals surface area contributed by atoms with Gasteiger partial charge in [-0.25, -0.2) is 9.97 Å². The zero-order valence-electron chi connectivity index (χ0n) is 9.93. The average Bonchev–Trinajstić information content (AvgIpc) is 2.37. The summed E-state index contributed by atoms with van der Waals surface area (Å²) in [6, 6.07) is 3.86. The molecule has 0 saturated heterocycles. The van der Waals surface area contributed by atoms with E-state index in [1.54, 1.807) is 19.5 Å². The predicted molar refractivity (Wildman–Crippen MR) is 71.9 cm³/mol. The monoisotopic (exact) mass is 308 g/mol. The fourth-order valence-electron chi connectivity index (χ4n) is 1.56. The van der Waals surface area contributed by atoms with Crippen LogP contribution in [0.5, 0.6) is 0 Å². The van der Waals surface area contributed by atoms with Crippen molar-refractivity contribution in [1.82, 2.24) is 15.0 Å². The molecule has 0 aliphatic rings. The minimum Gasteiger partial charge on any atom is -0.383 e. The zero-order chi connectivity index (χ0) is 13.0. The molecule has 0 aliphatic carbocycles. The van der Waals surface area contributed by atoms with Gasteiger partial charge >= 0.3 is 0 Å². The minimum atomic E-state index is 0.396. The molecule has 2 aromatic heterocycles. The first-order valence-corrected chi connectivity index (χ1v) is 6.18. The van der Waals surface area contributed by atoms with Gasteiger partial charge in [0.2, 0.25) is 0 Å². The molecule has 0 aromatic carbocycles. The number of halogens is 1. The number of hydrogen-bond acceptors (Lipinski definition) is 5. The largest absolute Gasteiger partial charge is 0.383 e. The van der Waals surface area contributed by atoms with E-state index in [0.29, 0.717) is 29.1 Å². The van der Waals surface area contributed by atoms with Crippen LogP contribution in [0.15, 0.2) is 29.0 Å². The average molecular weight is 309 g/mol. The van der Waals surface area contributed by atoms with Gasteiger partial charge in [-0.15, -0.1) is 0 Å². The van der Waals surface area contributed by atoms with Crippen molar-refractivity contribution < 1.29 is 4.74 Å². The van der Waals surface area contributed by atoms with Gasteiger partial charge in [-0.3, -0.25) is 4.98 Å².